The monoisotopic (exact) mass is 396 g/mol. The lowest BCUT2D eigenvalue weighted by Crippen LogP contribution is -2.46. The molecule has 2 heterocycles. The number of carbonyl (C=O) groups is 1. The Kier molecular flexibility index (Phi) is 6.37. The van der Waals surface area contributed by atoms with Crippen LogP contribution in [0.5, 0.6) is 0 Å². The van der Waals surface area contributed by atoms with Gasteiger partial charge in [-0.05, 0) is 43.4 Å². The number of benzene rings is 1. The molecule has 4 rings (SSSR count). The highest BCUT2D eigenvalue weighted by atomic mass is 19.1. The minimum absolute atomic E-state index is 0.0153. The fourth-order valence-corrected chi connectivity index (χ4v) is 4.42. The Bertz CT molecular complexity index is 818. The molecule has 1 aliphatic carbocycles. The Labute approximate surface area is 171 Å². The average Bonchev–Trinajstić information content (AvgIpc) is 3.03. The molecular formula is C23H29FN4O. The Morgan fingerprint density at radius 2 is 1.76 bits per heavy atom. The third-order valence-electron chi connectivity index (χ3n) is 6.07. The van der Waals surface area contributed by atoms with Crippen molar-refractivity contribution in [3.63, 3.8) is 0 Å². The quantitative estimate of drug-likeness (QED) is 0.781. The topological polar surface area (TPSA) is 58.1 Å². The second kappa shape index (κ2) is 9.33. The third-order valence-corrected chi connectivity index (χ3v) is 6.07. The highest BCUT2D eigenvalue weighted by Crippen LogP contribution is 2.24. The Morgan fingerprint density at radius 1 is 1.00 bits per heavy atom. The Morgan fingerprint density at radius 3 is 2.48 bits per heavy atom. The first-order chi connectivity index (χ1) is 14.2. The number of hydrogen-bond donors (Lipinski definition) is 1. The molecular weight excluding hydrogens is 367 g/mol. The summed E-state index contributed by atoms with van der Waals surface area (Å²) in [5.41, 5.74) is 1.55. The molecule has 0 bridgehead atoms. The van der Waals surface area contributed by atoms with Crippen LogP contribution >= 0.6 is 0 Å². The lowest BCUT2D eigenvalue weighted by Gasteiger charge is -2.33. The summed E-state index contributed by atoms with van der Waals surface area (Å²) in [6.07, 6.45) is 12.5. The van der Waals surface area contributed by atoms with Crippen LogP contribution in [0.15, 0.2) is 36.7 Å². The second-order valence-electron chi connectivity index (χ2n) is 8.26. The van der Waals surface area contributed by atoms with Crippen molar-refractivity contribution in [2.24, 2.45) is 5.92 Å². The van der Waals surface area contributed by atoms with Crippen LogP contribution in [0.1, 0.15) is 51.4 Å². The maximum absolute atomic E-state index is 13.4. The first kappa shape index (κ1) is 19.8. The molecule has 29 heavy (non-hydrogen) atoms. The standard InChI is InChI=1S/C23H29FN4O/c24-20-9-5-7-17(13-20)19-14-25-23(26-15-19)28-12-6-8-18(16-28)22(29)27-21-10-3-1-2-4-11-21/h5,7,9,13-15,18,21H,1-4,6,8,10-12,16H2,(H,27,29). The van der Waals surface area contributed by atoms with Gasteiger partial charge in [-0.15, -0.1) is 0 Å². The molecule has 2 fully saturated rings. The minimum atomic E-state index is -0.273. The average molecular weight is 397 g/mol. The lowest BCUT2D eigenvalue weighted by molar-refractivity contribution is -0.126. The third kappa shape index (κ3) is 5.11. The summed E-state index contributed by atoms with van der Waals surface area (Å²) < 4.78 is 13.4. The number of rotatable bonds is 4. The minimum Gasteiger partial charge on any atom is -0.353 e. The Balaban J connectivity index is 1.38. The van der Waals surface area contributed by atoms with E-state index in [1.807, 2.05) is 6.07 Å². The number of nitrogens with zero attached hydrogens (tertiary/aromatic N) is 3. The van der Waals surface area contributed by atoms with E-state index in [2.05, 4.69) is 20.2 Å². The van der Waals surface area contributed by atoms with Gasteiger partial charge in [-0.2, -0.15) is 0 Å². The number of carbonyl (C=O) groups excluding carboxylic acids is 1. The van der Waals surface area contributed by atoms with E-state index in [-0.39, 0.29) is 17.6 Å². The summed E-state index contributed by atoms with van der Waals surface area (Å²) in [4.78, 5) is 23.9. The van der Waals surface area contributed by atoms with Crippen molar-refractivity contribution in [1.29, 1.82) is 0 Å². The van der Waals surface area contributed by atoms with Gasteiger partial charge in [0.25, 0.3) is 0 Å². The van der Waals surface area contributed by atoms with Gasteiger partial charge in [-0.25, -0.2) is 14.4 Å². The highest BCUT2D eigenvalue weighted by Gasteiger charge is 2.28. The van der Waals surface area contributed by atoms with Gasteiger partial charge in [0.2, 0.25) is 11.9 Å². The number of piperidine rings is 1. The molecule has 1 N–H and O–H groups in total. The van der Waals surface area contributed by atoms with Gasteiger partial charge in [0.1, 0.15) is 5.82 Å². The number of nitrogens with one attached hydrogen (secondary N) is 1. The van der Waals surface area contributed by atoms with Gasteiger partial charge in [0, 0.05) is 37.1 Å². The van der Waals surface area contributed by atoms with Gasteiger partial charge < -0.3 is 10.2 Å². The molecule has 1 amide bonds. The second-order valence-corrected chi connectivity index (χ2v) is 8.26. The predicted octanol–water partition coefficient (Wildman–Crippen LogP) is 4.34. The van der Waals surface area contributed by atoms with E-state index in [1.165, 1.54) is 37.8 Å². The van der Waals surface area contributed by atoms with Crippen LogP contribution in [0.4, 0.5) is 10.3 Å². The van der Waals surface area contributed by atoms with E-state index in [0.29, 0.717) is 18.5 Å². The first-order valence-corrected chi connectivity index (χ1v) is 10.8. The van der Waals surface area contributed by atoms with E-state index >= 15 is 0 Å². The number of aromatic nitrogens is 2. The normalized spacial score (nSPS) is 20.9. The van der Waals surface area contributed by atoms with Gasteiger partial charge in [0.15, 0.2) is 0 Å². The summed E-state index contributed by atoms with van der Waals surface area (Å²) in [5, 5.41) is 3.29. The smallest absolute Gasteiger partial charge is 0.225 e. The van der Waals surface area contributed by atoms with Gasteiger partial charge in [0.05, 0.1) is 5.92 Å². The zero-order chi connectivity index (χ0) is 20.1. The van der Waals surface area contributed by atoms with Crippen LogP contribution < -0.4 is 10.2 Å². The molecule has 5 nitrogen and oxygen atoms in total. The number of hydrogen-bond acceptors (Lipinski definition) is 4. The number of amides is 1. The fourth-order valence-electron chi connectivity index (χ4n) is 4.42. The van der Waals surface area contributed by atoms with Gasteiger partial charge in [-0.1, -0.05) is 37.8 Å². The van der Waals surface area contributed by atoms with Crippen LogP contribution in [-0.2, 0) is 4.79 Å². The molecule has 1 unspecified atom stereocenters. The first-order valence-electron chi connectivity index (χ1n) is 10.8. The molecule has 6 heteroatoms. The van der Waals surface area contributed by atoms with Crippen LogP contribution in [0.2, 0.25) is 0 Å². The lowest BCUT2D eigenvalue weighted by atomic mass is 9.96. The van der Waals surface area contributed by atoms with Crippen molar-refractivity contribution < 1.29 is 9.18 Å². The van der Waals surface area contributed by atoms with E-state index in [0.717, 1.165) is 43.4 Å². The molecule has 1 aliphatic heterocycles. The molecule has 1 saturated carbocycles. The van der Waals surface area contributed by atoms with Crippen LogP contribution in [-0.4, -0.2) is 35.0 Å². The molecule has 0 radical (unpaired) electrons. The summed E-state index contributed by atoms with van der Waals surface area (Å²) in [5.74, 6) is 0.527. The molecule has 1 aromatic carbocycles. The van der Waals surface area contributed by atoms with Crippen molar-refractivity contribution in [3.8, 4) is 11.1 Å². The maximum Gasteiger partial charge on any atom is 0.225 e. The van der Waals surface area contributed by atoms with Crippen molar-refractivity contribution in [2.45, 2.75) is 57.4 Å². The molecule has 2 aromatic rings. The Hall–Kier alpha value is -2.50. The van der Waals surface area contributed by atoms with Crippen LogP contribution in [0, 0.1) is 11.7 Å². The van der Waals surface area contributed by atoms with Crippen molar-refractivity contribution in [3.05, 3.63) is 42.5 Å². The zero-order valence-corrected chi connectivity index (χ0v) is 16.8. The summed E-state index contributed by atoms with van der Waals surface area (Å²) in [7, 11) is 0. The van der Waals surface area contributed by atoms with E-state index in [9.17, 15) is 9.18 Å². The number of halogens is 1. The summed E-state index contributed by atoms with van der Waals surface area (Å²) >= 11 is 0. The number of anilines is 1. The molecule has 1 atom stereocenters. The molecule has 0 spiro atoms. The van der Waals surface area contributed by atoms with Gasteiger partial charge in [-0.3, -0.25) is 4.79 Å². The van der Waals surface area contributed by atoms with E-state index in [1.54, 1.807) is 18.5 Å². The van der Waals surface area contributed by atoms with Crippen molar-refractivity contribution in [2.75, 3.05) is 18.0 Å². The SMILES string of the molecule is O=C(NC1CCCCCC1)C1CCCN(c2ncc(-c3cccc(F)c3)cn2)C1. The highest BCUT2D eigenvalue weighted by molar-refractivity contribution is 5.79. The van der Waals surface area contributed by atoms with E-state index in [4.69, 9.17) is 0 Å². The van der Waals surface area contributed by atoms with Crippen LogP contribution in [0.3, 0.4) is 0 Å². The summed E-state index contributed by atoms with van der Waals surface area (Å²) in [6, 6.07) is 6.76. The predicted molar refractivity (Wildman–Crippen MR) is 112 cm³/mol. The van der Waals surface area contributed by atoms with Crippen molar-refractivity contribution >= 4 is 11.9 Å². The maximum atomic E-state index is 13.4. The fraction of sp³-hybridized carbons (Fsp3) is 0.522. The van der Waals surface area contributed by atoms with Crippen LogP contribution in [0.25, 0.3) is 11.1 Å². The zero-order valence-electron chi connectivity index (χ0n) is 16.8. The largest absolute Gasteiger partial charge is 0.353 e. The van der Waals surface area contributed by atoms with Crippen molar-refractivity contribution in [1.82, 2.24) is 15.3 Å². The molecule has 1 aromatic heterocycles. The molecule has 154 valence electrons. The van der Waals surface area contributed by atoms with Gasteiger partial charge >= 0.3 is 0 Å². The molecule has 2 aliphatic rings. The molecule has 1 saturated heterocycles. The summed E-state index contributed by atoms with van der Waals surface area (Å²) in [6.45, 7) is 1.50. The van der Waals surface area contributed by atoms with E-state index < -0.39 is 0 Å².